The molecule has 3 rings (SSSR count). The Kier molecular flexibility index (Phi) is 1.99. The minimum atomic E-state index is 1.08. The van der Waals surface area contributed by atoms with Gasteiger partial charge in [-0.1, -0.05) is 6.92 Å². The van der Waals surface area contributed by atoms with Gasteiger partial charge in [0.15, 0.2) is 0 Å². The van der Waals surface area contributed by atoms with Gasteiger partial charge in [0.25, 0.3) is 0 Å². The zero-order valence-corrected chi connectivity index (χ0v) is 9.42. The maximum absolute atomic E-state index is 4.44. The quantitative estimate of drug-likeness (QED) is 0.639. The largest absolute Gasteiger partial charge is 0.346 e. The van der Waals surface area contributed by atoms with Crippen LogP contribution in [0, 0.1) is 0 Å². The van der Waals surface area contributed by atoms with Gasteiger partial charge in [-0.15, -0.1) is 11.3 Å². The molecule has 3 aromatic heterocycles. The number of aryl methyl sites for hydroxylation is 1. The Bertz CT molecular complexity index is 606. The van der Waals surface area contributed by atoms with Crippen molar-refractivity contribution in [2.24, 2.45) is 0 Å². The lowest BCUT2D eigenvalue weighted by Gasteiger charge is -2.03. The Morgan fingerprint density at radius 1 is 1.40 bits per heavy atom. The molecule has 0 unspecified atom stereocenters. The fourth-order valence-corrected chi connectivity index (χ4v) is 2.92. The lowest BCUT2D eigenvalue weighted by atomic mass is 10.3. The second kappa shape index (κ2) is 3.35. The topological polar surface area (TPSA) is 17.8 Å². The van der Waals surface area contributed by atoms with Crippen molar-refractivity contribution in [1.82, 2.24) is 9.55 Å². The average molecular weight is 216 g/mol. The van der Waals surface area contributed by atoms with Crippen LogP contribution in [0.4, 0.5) is 0 Å². The summed E-state index contributed by atoms with van der Waals surface area (Å²) in [6.07, 6.45) is 5.30. The van der Waals surface area contributed by atoms with Crippen LogP contribution in [0.1, 0.15) is 13.3 Å². The Balaban J connectivity index is 2.41. The maximum Gasteiger partial charge on any atom is 0.0831 e. The van der Waals surface area contributed by atoms with Crippen LogP contribution < -0.4 is 0 Å². The number of fused-ring (bicyclic) bond motifs is 3. The van der Waals surface area contributed by atoms with E-state index in [9.17, 15) is 0 Å². The van der Waals surface area contributed by atoms with E-state index >= 15 is 0 Å². The minimum Gasteiger partial charge on any atom is -0.346 e. The zero-order chi connectivity index (χ0) is 10.3. The van der Waals surface area contributed by atoms with Gasteiger partial charge in [-0.05, 0) is 23.9 Å². The van der Waals surface area contributed by atoms with Crippen LogP contribution in [0.5, 0.6) is 0 Å². The smallest absolute Gasteiger partial charge is 0.0831 e. The molecule has 3 heterocycles. The van der Waals surface area contributed by atoms with Crippen LogP contribution in [0.25, 0.3) is 21.1 Å². The van der Waals surface area contributed by atoms with Crippen molar-refractivity contribution in [2.75, 3.05) is 0 Å². The third kappa shape index (κ3) is 1.27. The highest BCUT2D eigenvalue weighted by molar-refractivity contribution is 7.18. The first-order valence-electron chi connectivity index (χ1n) is 5.21. The van der Waals surface area contributed by atoms with Gasteiger partial charge in [-0.25, -0.2) is 0 Å². The van der Waals surface area contributed by atoms with Crippen molar-refractivity contribution in [1.29, 1.82) is 0 Å². The van der Waals surface area contributed by atoms with E-state index in [0.717, 1.165) is 12.1 Å². The number of pyridine rings is 1. The number of nitrogens with zero attached hydrogens (tertiary/aromatic N) is 2. The Labute approximate surface area is 92.2 Å². The highest BCUT2D eigenvalue weighted by Crippen LogP contribution is 2.28. The van der Waals surface area contributed by atoms with Crippen molar-refractivity contribution >= 4 is 32.5 Å². The Hall–Kier alpha value is -1.35. The fourth-order valence-electron chi connectivity index (χ4n) is 2.00. The average Bonchev–Trinajstić information content (AvgIpc) is 2.83. The Morgan fingerprint density at radius 3 is 3.20 bits per heavy atom. The first-order valence-corrected chi connectivity index (χ1v) is 6.09. The molecule has 0 fully saturated rings. The van der Waals surface area contributed by atoms with Gasteiger partial charge in [0.1, 0.15) is 0 Å². The SMILES string of the molecule is CCCn1ccc2cnc3ccsc3c21. The first kappa shape index (κ1) is 8.92. The summed E-state index contributed by atoms with van der Waals surface area (Å²) in [5.74, 6) is 0. The molecule has 76 valence electrons. The van der Waals surface area contributed by atoms with Crippen molar-refractivity contribution in [3.63, 3.8) is 0 Å². The summed E-state index contributed by atoms with van der Waals surface area (Å²) >= 11 is 1.78. The zero-order valence-electron chi connectivity index (χ0n) is 8.60. The van der Waals surface area contributed by atoms with Gasteiger partial charge in [0.05, 0.1) is 15.7 Å². The van der Waals surface area contributed by atoms with Gasteiger partial charge in [-0.2, -0.15) is 0 Å². The van der Waals surface area contributed by atoms with Gasteiger partial charge in [0.2, 0.25) is 0 Å². The van der Waals surface area contributed by atoms with Crippen LogP contribution in [0.2, 0.25) is 0 Å². The molecule has 0 aromatic carbocycles. The number of hydrogen-bond donors (Lipinski definition) is 0. The third-order valence-corrected chi connectivity index (χ3v) is 3.57. The number of thiophene rings is 1. The molecule has 3 aromatic rings. The molecular weight excluding hydrogens is 204 g/mol. The summed E-state index contributed by atoms with van der Waals surface area (Å²) in [7, 11) is 0. The van der Waals surface area contributed by atoms with E-state index in [4.69, 9.17) is 0 Å². The van der Waals surface area contributed by atoms with Gasteiger partial charge in [0, 0.05) is 24.3 Å². The first-order chi connectivity index (χ1) is 7.40. The highest BCUT2D eigenvalue weighted by atomic mass is 32.1. The molecule has 3 heteroatoms. The highest BCUT2D eigenvalue weighted by Gasteiger charge is 2.06. The van der Waals surface area contributed by atoms with Crippen LogP contribution in [-0.2, 0) is 6.54 Å². The molecule has 0 saturated heterocycles. The molecule has 0 radical (unpaired) electrons. The second-order valence-corrected chi connectivity index (χ2v) is 4.62. The molecule has 0 aliphatic heterocycles. The van der Waals surface area contributed by atoms with Crippen molar-refractivity contribution in [3.8, 4) is 0 Å². The molecule has 0 N–H and O–H groups in total. The lowest BCUT2D eigenvalue weighted by Crippen LogP contribution is -1.93. The van der Waals surface area contributed by atoms with E-state index in [0.29, 0.717) is 0 Å². The predicted molar refractivity (Wildman–Crippen MR) is 65.4 cm³/mol. The summed E-state index contributed by atoms with van der Waals surface area (Å²) < 4.78 is 3.64. The molecular formula is C12H12N2S. The van der Waals surface area contributed by atoms with Crippen molar-refractivity contribution in [2.45, 2.75) is 19.9 Å². The molecule has 0 aliphatic rings. The summed E-state index contributed by atoms with van der Waals surface area (Å²) in [6.45, 7) is 3.29. The third-order valence-electron chi connectivity index (χ3n) is 2.66. The Morgan fingerprint density at radius 2 is 2.33 bits per heavy atom. The van der Waals surface area contributed by atoms with Crippen LogP contribution in [0.3, 0.4) is 0 Å². The molecule has 15 heavy (non-hydrogen) atoms. The summed E-state index contributed by atoms with van der Waals surface area (Å²) in [4.78, 5) is 4.44. The van der Waals surface area contributed by atoms with E-state index < -0.39 is 0 Å². The summed E-state index contributed by atoms with van der Waals surface area (Å²) in [6, 6.07) is 4.24. The molecule has 0 amide bonds. The predicted octanol–water partition coefficient (Wildman–Crippen LogP) is 3.66. The molecule has 0 saturated carbocycles. The van der Waals surface area contributed by atoms with Crippen molar-refractivity contribution < 1.29 is 0 Å². The van der Waals surface area contributed by atoms with Gasteiger partial charge in [-0.3, -0.25) is 4.98 Å². The molecule has 0 atom stereocenters. The standard InChI is InChI=1S/C12H12N2S/c1-2-5-14-6-3-9-8-13-10-4-7-15-12(10)11(9)14/h3-4,6-8H,2,5H2,1H3. The molecule has 2 nitrogen and oxygen atoms in total. The molecule has 0 aliphatic carbocycles. The lowest BCUT2D eigenvalue weighted by molar-refractivity contribution is 0.705. The van der Waals surface area contributed by atoms with E-state index in [-0.39, 0.29) is 0 Å². The monoisotopic (exact) mass is 216 g/mol. The fraction of sp³-hybridized carbons (Fsp3) is 0.250. The van der Waals surface area contributed by atoms with E-state index in [1.54, 1.807) is 11.3 Å². The summed E-state index contributed by atoms with van der Waals surface area (Å²) in [5.41, 5.74) is 2.46. The number of rotatable bonds is 2. The number of aromatic nitrogens is 2. The van der Waals surface area contributed by atoms with Crippen LogP contribution >= 0.6 is 11.3 Å². The number of hydrogen-bond acceptors (Lipinski definition) is 2. The normalized spacial score (nSPS) is 11.5. The second-order valence-electron chi connectivity index (χ2n) is 3.71. The van der Waals surface area contributed by atoms with Gasteiger partial charge >= 0.3 is 0 Å². The minimum absolute atomic E-state index is 1.08. The van der Waals surface area contributed by atoms with E-state index in [1.807, 2.05) is 6.20 Å². The molecule has 0 spiro atoms. The van der Waals surface area contributed by atoms with E-state index in [1.165, 1.54) is 22.0 Å². The van der Waals surface area contributed by atoms with E-state index in [2.05, 4.69) is 40.2 Å². The van der Waals surface area contributed by atoms with Crippen LogP contribution in [0.15, 0.2) is 29.9 Å². The molecule has 0 bridgehead atoms. The maximum atomic E-state index is 4.44. The van der Waals surface area contributed by atoms with Gasteiger partial charge < -0.3 is 4.57 Å². The summed E-state index contributed by atoms with van der Waals surface area (Å²) in [5, 5.41) is 3.36. The van der Waals surface area contributed by atoms with Crippen molar-refractivity contribution in [3.05, 3.63) is 29.9 Å². The van der Waals surface area contributed by atoms with Crippen LogP contribution in [-0.4, -0.2) is 9.55 Å².